The first kappa shape index (κ1) is 20.2. The maximum atomic E-state index is 12.8. The van der Waals surface area contributed by atoms with Crippen molar-refractivity contribution in [3.05, 3.63) is 71.0 Å². The van der Waals surface area contributed by atoms with Gasteiger partial charge in [-0.05, 0) is 42.8 Å². The van der Waals surface area contributed by atoms with Crippen LogP contribution in [0.4, 0.5) is 13.2 Å². The van der Waals surface area contributed by atoms with Crippen LogP contribution >= 0.6 is 11.6 Å². The monoisotopic (exact) mass is 432 g/mol. The van der Waals surface area contributed by atoms with E-state index in [4.69, 9.17) is 16.1 Å². The summed E-state index contributed by atoms with van der Waals surface area (Å²) in [5.41, 5.74) is 2.11. The van der Waals surface area contributed by atoms with Crippen molar-refractivity contribution in [2.45, 2.75) is 25.9 Å². The van der Waals surface area contributed by atoms with Crippen LogP contribution in [0.5, 0.6) is 0 Å². The Hall–Kier alpha value is -3.13. The summed E-state index contributed by atoms with van der Waals surface area (Å²) in [5, 5.41) is 9.01. The van der Waals surface area contributed by atoms with Crippen molar-refractivity contribution in [2.75, 3.05) is 0 Å². The molecule has 2 aromatic heterocycles. The van der Waals surface area contributed by atoms with Crippen LogP contribution in [0.15, 0.2) is 59.3 Å². The number of hydrogen-bond acceptors (Lipinski definition) is 4. The zero-order valence-corrected chi connectivity index (χ0v) is 16.6. The molecule has 0 saturated heterocycles. The standard InChI is InChI=1S/C21H16ClF3N4O/c1-2-3-18-17(12-26-29(18)16-10-8-15(22)9-11-16)20-27-19(28-30-20)13-4-6-14(7-5-13)21(23,24)25/h4-12H,2-3H2,1H3. The minimum Gasteiger partial charge on any atom is -0.333 e. The lowest BCUT2D eigenvalue weighted by molar-refractivity contribution is -0.137. The van der Waals surface area contributed by atoms with Gasteiger partial charge in [-0.3, -0.25) is 0 Å². The van der Waals surface area contributed by atoms with Crippen LogP contribution in [0.3, 0.4) is 0 Å². The molecule has 0 aliphatic heterocycles. The van der Waals surface area contributed by atoms with Crippen molar-refractivity contribution in [1.82, 2.24) is 19.9 Å². The van der Waals surface area contributed by atoms with Crippen molar-refractivity contribution in [1.29, 1.82) is 0 Å². The number of nitrogens with zero attached hydrogens (tertiary/aromatic N) is 4. The second-order valence-corrected chi connectivity index (χ2v) is 7.08. The van der Waals surface area contributed by atoms with Gasteiger partial charge in [-0.15, -0.1) is 0 Å². The highest BCUT2D eigenvalue weighted by Gasteiger charge is 2.30. The Labute approximate surface area is 175 Å². The number of aromatic nitrogens is 4. The highest BCUT2D eigenvalue weighted by molar-refractivity contribution is 6.30. The smallest absolute Gasteiger partial charge is 0.333 e. The second kappa shape index (κ2) is 7.95. The Kier molecular flexibility index (Phi) is 5.34. The van der Waals surface area contributed by atoms with Crippen LogP contribution in [-0.2, 0) is 12.6 Å². The summed E-state index contributed by atoms with van der Waals surface area (Å²) in [6.45, 7) is 2.05. The third-order valence-electron chi connectivity index (χ3n) is 4.55. The van der Waals surface area contributed by atoms with Crippen molar-refractivity contribution >= 4 is 11.6 Å². The van der Waals surface area contributed by atoms with E-state index >= 15 is 0 Å². The average Bonchev–Trinajstić information content (AvgIpc) is 3.36. The maximum Gasteiger partial charge on any atom is 0.416 e. The summed E-state index contributed by atoms with van der Waals surface area (Å²) in [6.07, 6.45) is -1.17. The predicted molar refractivity (Wildman–Crippen MR) is 106 cm³/mol. The molecule has 0 aliphatic rings. The fraction of sp³-hybridized carbons (Fsp3) is 0.190. The Balaban J connectivity index is 1.68. The molecule has 0 saturated carbocycles. The molecule has 0 atom stereocenters. The number of benzene rings is 2. The zero-order valence-electron chi connectivity index (χ0n) is 15.8. The van der Waals surface area contributed by atoms with Crippen LogP contribution in [0.25, 0.3) is 28.5 Å². The molecule has 4 aromatic rings. The Morgan fingerprint density at radius 3 is 2.37 bits per heavy atom. The molecule has 2 heterocycles. The third kappa shape index (κ3) is 3.95. The average molecular weight is 433 g/mol. The Morgan fingerprint density at radius 1 is 1.03 bits per heavy atom. The van der Waals surface area contributed by atoms with Gasteiger partial charge in [0.2, 0.25) is 5.82 Å². The molecule has 154 valence electrons. The summed E-state index contributed by atoms with van der Waals surface area (Å²) in [5.74, 6) is 0.467. The SMILES string of the molecule is CCCc1c(-c2nc(-c3ccc(C(F)(F)F)cc3)no2)cnn1-c1ccc(Cl)cc1. The van der Waals surface area contributed by atoms with E-state index in [0.717, 1.165) is 36.4 Å². The van der Waals surface area contributed by atoms with Gasteiger partial charge in [-0.25, -0.2) is 4.68 Å². The van der Waals surface area contributed by atoms with Gasteiger partial charge in [-0.1, -0.05) is 42.2 Å². The van der Waals surface area contributed by atoms with Gasteiger partial charge < -0.3 is 4.52 Å². The summed E-state index contributed by atoms with van der Waals surface area (Å²) >= 11 is 5.97. The molecular formula is C21H16ClF3N4O. The molecule has 4 rings (SSSR count). The Bertz CT molecular complexity index is 1150. The number of alkyl halides is 3. The molecule has 9 heteroatoms. The molecule has 30 heavy (non-hydrogen) atoms. The normalized spacial score (nSPS) is 11.8. The molecule has 0 N–H and O–H groups in total. The first-order valence-electron chi connectivity index (χ1n) is 9.21. The zero-order chi connectivity index (χ0) is 21.3. The number of halogens is 4. The highest BCUT2D eigenvalue weighted by Crippen LogP contribution is 2.32. The molecule has 0 bridgehead atoms. The van der Waals surface area contributed by atoms with Gasteiger partial charge in [0.15, 0.2) is 0 Å². The largest absolute Gasteiger partial charge is 0.416 e. The predicted octanol–water partition coefficient (Wildman–Crippen LogP) is 6.21. The summed E-state index contributed by atoms with van der Waals surface area (Å²) in [6, 6.07) is 11.9. The van der Waals surface area contributed by atoms with E-state index in [1.165, 1.54) is 12.1 Å². The molecule has 0 radical (unpaired) electrons. The molecule has 2 aromatic carbocycles. The van der Waals surface area contributed by atoms with Crippen molar-refractivity contribution in [2.24, 2.45) is 0 Å². The van der Waals surface area contributed by atoms with Crippen LogP contribution in [0, 0.1) is 0 Å². The van der Waals surface area contributed by atoms with Crippen molar-refractivity contribution in [3.8, 4) is 28.5 Å². The first-order chi connectivity index (χ1) is 14.4. The van der Waals surface area contributed by atoms with Crippen LogP contribution in [0.1, 0.15) is 24.6 Å². The number of hydrogen-bond donors (Lipinski definition) is 0. The quantitative estimate of drug-likeness (QED) is 0.376. The van der Waals surface area contributed by atoms with Gasteiger partial charge in [0.1, 0.15) is 0 Å². The molecular weight excluding hydrogens is 417 g/mol. The maximum absolute atomic E-state index is 12.8. The second-order valence-electron chi connectivity index (χ2n) is 6.64. The van der Waals surface area contributed by atoms with Gasteiger partial charge in [-0.2, -0.15) is 23.3 Å². The van der Waals surface area contributed by atoms with E-state index < -0.39 is 11.7 Å². The van der Waals surface area contributed by atoms with Crippen molar-refractivity contribution in [3.63, 3.8) is 0 Å². The van der Waals surface area contributed by atoms with E-state index in [2.05, 4.69) is 15.2 Å². The molecule has 0 fully saturated rings. The van der Waals surface area contributed by atoms with Gasteiger partial charge in [0.25, 0.3) is 5.89 Å². The van der Waals surface area contributed by atoms with Gasteiger partial charge in [0, 0.05) is 10.6 Å². The van der Waals surface area contributed by atoms with E-state index in [0.29, 0.717) is 16.1 Å². The first-order valence-corrected chi connectivity index (χ1v) is 9.59. The molecule has 0 spiro atoms. The lowest BCUT2D eigenvalue weighted by Crippen LogP contribution is -2.04. The minimum absolute atomic E-state index is 0.209. The Morgan fingerprint density at radius 2 is 1.73 bits per heavy atom. The van der Waals surface area contributed by atoms with Crippen molar-refractivity contribution < 1.29 is 17.7 Å². The third-order valence-corrected chi connectivity index (χ3v) is 4.81. The van der Waals surface area contributed by atoms with Crippen LogP contribution in [0.2, 0.25) is 5.02 Å². The van der Waals surface area contributed by atoms with E-state index in [-0.39, 0.29) is 11.7 Å². The van der Waals surface area contributed by atoms with Crippen LogP contribution in [-0.4, -0.2) is 19.9 Å². The molecule has 0 unspecified atom stereocenters. The fourth-order valence-electron chi connectivity index (χ4n) is 3.09. The fourth-order valence-corrected chi connectivity index (χ4v) is 3.22. The van der Waals surface area contributed by atoms with E-state index in [1.807, 2.05) is 19.1 Å². The highest BCUT2D eigenvalue weighted by atomic mass is 35.5. The lowest BCUT2D eigenvalue weighted by Gasteiger charge is -2.08. The summed E-state index contributed by atoms with van der Waals surface area (Å²) < 4.78 is 45.5. The topological polar surface area (TPSA) is 56.7 Å². The van der Waals surface area contributed by atoms with E-state index in [9.17, 15) is 13.2 Å². The minimum atomic E-state index is -4.40. The molecule has 5 nitrogen and oxygen atoms in total. The summed E-state index contributed by atoms with van der Waals surface area (Å²) in [4.78, 5) is 4.37. The molecule has 0 aliphatic carbocycles. The lowest BCUT2D eigenvalue weighted by atomic mass is 10.1. The van der Waals surface area contributed by atoms with E-state index in [1.54, 1.807) is 23.0 Å². The summed E-state index contributed by atoms with van der Waals surface area (Å²) in [7, 11) is 0. The van der Waals surface area contributed by atoms with Gasteiger partial charge in [0.05, 0.1) is 28.7 Å². The molecule has 0 amide bonds. The van der Waals surface area contributed by atoms with Gasteiger partial charge >= 0.3 is 6.18 Å². The van der Waals surface area contributed by atoms with Crippen LogP contribution < -0.4 is 0 Å². The number of rotatable bonds is 5.